The molecular formula is C13H15FN2O. The summed E-state index contributed by atoms with van der Waals surface area (Å²) in [4.78, 5) is 13.9. The molecule has 0 aliphatic carbocycles. The van der Waals surface area contributed by atoms with Crippen molar-refractivity contribution in [2.75, 3.05) is 16.8 Å². The van der Waals surface area contributed by atoms with Gasteiger partial charge in [0.2, 0.25) is 5.91 Å². The normalized spacial score (nSPS) is 27.2. The van der Waals surface area contributed by atoms with Crippen molar-refractivity contribution in [1.82, 2.24) is 0 Å². The molecule has 1 N–H and O–H groups in total. The largest absolute Gasteiger partial charge is 0.355 e. The molecule has 0 bridgehead atoms. The predicted molar refractivity (Wildman–Crippen MR) is 64.6 cm³/mol. The van der Waals surface area contributed by atoms with Crippen molar-refractivity contribution in [3.8, 4) is 0 Å². The molecule has 1 saturated heterocycles. The van der Waals surface area contributed by atoms with Crippen molar-refractivity contribution in [3.63, 3.8) is 0 Å². The smallest absolute Gasteiger partial charge is 0.247 e. The zero-order valence-corrected chi connectivity index (χ0v) is 9.74. The van der Waals surface area contributed by atoms with Gasteiger partial charge in [-0.05, 0) is 30.9 Å². The molecule has 2 unspecified atom stereocenters. The number of anilines is 2. The Balaban J connectivity index is 2.06. The zero-order valence-electron chi connectivity index (χ0n) is 9.74. The lowest BCUT2D eigenvalue weighted by atomic mass is 9.90. The van der Waals surface area contributed by atoms with E-state index in [9.17, 15) is 9.18 Å². The molecule has 3 nitrogen and oxygen atoms in total. The van der Waals surface area contributed by atoms with Crippen molar-refractivity contribution < 1.29 is 9.18 Å². The monoisotopic (exact) mass is 234 g/mol. The van der Waals surface area contributed by atoms with E-state index in [2.05, 4.69) is 12.2 Å². The first-order chi connectivity index (χ1) is 8.16. The second-order valence-corrected chi connectivity index (χ2v) is 4.96. The van der Waals surface area contributed by atoms with Gasteiger partial charge in [0.05, 0.1) is 11.4 Å². The van der Waals surface area contributed by atoms with Gasteiger partial charge in [0.25, 0.3) is 0 Å². The van der Waals surface area contributed by atoms with Gasteiger partial charge in [-0.1, -0.05) is 13.0 Å². The third-order valence-corrected chi connectivity index (χ3v) is 3.70. The Hall–Kier alpha value is -1.58. The molecule has 2 aliphatic heterocycles. The van der Waals surface area contributed by atoms with Crippen LogP contribution in [0.5, 0.6) is 0 Å². The van der Waals surface area contributed by atoms with Gasteiger partial charge in [-0.15, -0.1) is 0 Å². The third kappa shape index (κ3) is 1.59. The fourth-order valence-electron chi connectivity index (χ4n) is 2.78. The number of hydrogen-bond donors (Lipinski definition) is 1. The van der Waals surface area contributed by atoms with E-state index in [1.165, 1.54) is 6.07 Å². The number of carbonyl (C=O) groups excluding carboxylic acids is 1. The number of nitrogens with one attached hydrogen (secondary N) is 1. The standard InChI is InChI=1S/C13H15FN2O/c1-8-5-6-16-11(7-8)13(17)15-10-4-2-3-9(14)12(10)16/h2-4,8,11H,5-7H2,1H3,(H,15,17). The molecule has 0 saturated carbocycles. The van der Waals surface area contributed by atoms with Gasteiger partial charge in [-0.25, -0.2) is 4.39 Å². The summed E-state index contributed by atoms with van der Waals surface area (Å²) in [5.41, 5.74) is 1.16. The van der Waals surface area contributed by atoms with Crippen LogP contribution in [0, 0.1) is 11.7 Å². The molecule has 0 aromatic heterocycles. The van der Waals surface area contributed by atoms with Gasteiger partial charge in [-0.2, -0.15) is 0 Å². The topological polar surface area (TPSA) is 32.3 Å². The highest BCUT2D eigenvalue weighted by atomic mass is 19.1. The summed E-state index contributed by atoms with van der Waals surface area (Å²) in [6.45, 7) is 2.90. The summed E-state index contributed by atoms with van der Waals surface area (Å²) in [6, 6.07) is 4.63. The third-order valence-electron chi connectivity index (χ3n) is 3.70. The maximum atomic E-state index is 13.9. The number of benzene rings is 1. The van der Waals surface area contributed by atoms with E-state index < -0.39 is 0 Å². The van der Waals surface area contributed by atoms with Gasteiger partial charge >= 0.3 is 0 Å². The Morgan fingerprint density at radius 3 is 3.12 bits per heavy atom. The molecule has 2 aliphatic rings. The van der Waals surface area contributed by atoms with Gasteiger partial charge < -0.3 is 10.2 Å². The van der Waals surface area contributed by atoms with Gasteiger partial charge in [0, 0.05) is 6.54 Å². The van der Waals surface area contributed by atoms with Crippen LogP contribution in [-0.2, 0) is 4.79 Å². The van der Waals surface area contributed by atoms with Gasteiger partial charge in [0.1, 0.15) is 11.9 Å². The van der Waals surface area contributed by atoms with Crippen molar-refractivity contribution in [3.05, 3.63) is 24.0 Å². The second kappa shape index (κ2) is 3.72. The first-order valence-electron chi connectivity index (χ1n) is 6.03. The molecule has 1 aromatic carbocycles. The van der Waals surface area contributed by atoms with Crippen LogP contribution in [0.3, 0.4) is 0 Å². The van der Waals surface area contributed by atoms with E-state index >= 15 is 0 Å². The number of halogens is 1. The minimum Gasteiger partial charge on any atom is -0.355 e. The van der Waals surface area contributed by atoms with E-state index in [4.69, 9.17) is 0 Å². The average Bonchev–Trinajstić information content (AvgIpc) is 2.30. The molecule has 2 heterocycles. The number of fused-ring (bicyclic) bond motifs is 3. The predicted octanol–water partition coefficient (Wildman–Crippen LogP) is 2.38. The fourth-order valence-corrected chi connectivity index (χ4v) is 2.78. The molecular weight excluding hydrogens is 219 g/mol. The highest BCUT2D eigenvalue weighted by Gasteiger charge is 2.38. The number of para-hydroxylation sites is 1. The fraction of sp³-hybridized carbons (Fsp3) is 0.462. The maximum absolute atomic E-state index is 13.9. The highest BCUT2D eigenvalue weighted by molar-refractivity contribution is 6.03. The molecule has 4 heteroatoms. The van der Waals surface area contributed by atoms with E-state index in [-0.39, 0.29) is 17.8 Å². The summed E-state index contributed by atoms with van der Waals surface area (Å²) in [7, 11) is 0. The molecule has 1 aromatic rings. The quantitative estimate of drug-likeness (QED) is 0.747. The van der Waals surface area contributed by atoms with Crippen LogP contribution in [-0.4, -0.2) is 18.5 Å². The van der Waals surface area contributed by atoms with Crippen LogP contribution < -0.4 is 10.2 Å². The number of nitrogens with zero attached hydrogens (tertiary/aromatic N) is 1. The minimum atomic E-state index is -0.248. The van der Waals surface area contributed by atoms with Crippen molar-refractivity contribution in [2.24, 2.45) is 5.92 Å². The van der Waals surface area contributed by atoms with Crippen LogP contribution >= 0.6 is 0 Å². The Bertz CT molecular complexity index is 474. The lowest BCUT2D eigenvalue weighted by Gasteiger charge is -2.43. The van der Waals surface area contributed by atoms with E-state index in [1.807, 2.05) is 4.90 Å². The Kier molecular flexibility index (Phi) is 2.31. The Labute approximate surface area is 99.6 Å². The number of rotatable bonds is 0. The number of hydrogen-bond acceptors (Lipinski definition) is 2. The lowest BCUT2D eigenvalue weighted by molar-refractivity contribution is -0.118. The average molecular weight is 234 g/mol. The number of amides is 1. The SMILES string of the molecule is CC1CCN2c3c(F)cccc3NC(=O)C2C1. The van der Waals surface area contributed by atoms with Crippen LogP contribution in [0.15, 0.2) is 18.2 Å². The summed E-state index contributed by atoms with van der Waals surface area (Å²) in [5, 5.41) is 2.80. The first kappa shape index (κ1) is 10.6. The molecule has 2 atom stereocenters. The van der Waals surface area contributed by atoms with Crippen molar-refractivity contribution >= 4 is 17.3 Å². The summed E-state index contributed by atoms with van der Waals surface area (Å²) >= 11 is 0. The molecule has 90 valence electrons. The summed E-state index contributed by atoms with van der Waals surface area (Å²) < 4.78 is 13.9. The zero-order chi connectivity index (χ0) is 12.0. The molecule has 17 heavy (non-hydrogen) atoms. The summed E-state index contributed by atoms with van der Waals surface area (Å²) in [5.74, 6) is 0.270. The number of carbonyl (C=O) groups is 1. The maximum Gasteiger partial charge on any atom is 0.247 e. The second-order valence-electron chi connectivity index (χ2n) is 4.96. The lowest BCUT2D eigenvalue weighted by Crippen LogP contribution is -2.52. The van der Waals surface area contributed by atoms with E-state index in [1.54, 1.807) is 12.1 Å². The number of piperidine rings is 1. The van der Waals surface area contributed by atoms with E-state index in [0.29, 0.717) is 17.3 Å². The van der Waals surface area contributed by atoms with Crippen LogP contribution in [0.2, 0.25) is 0 Å². The van der Waals surface area contributed by atoms with Crippen molar-refractivity contribution in [2.45, 2.75) is 25.8 Å². The molecule has 1 amide bonds. The van der Waals surface area contributed by atoms with Crippen LogP contribution in [0.1, 0.15) is 19.8 Å². The Morgan fingerprint density at radius 2 is 2.29 bits per heavy atom. The molecule has 0 radical (unpaired) electrons. The van der Waals surface area contributed by atoms with Crippen LogP contribution in [0.4, 0.5) is 15.8 Å². The van der Waals surface area contributed by atoms with E-state index in [0.717, 1.165) is 19.4 Å². The van der Waals surface area contributed by atoms with Crippen LogP contribution in [0.25, 0.3) is 0 Å². The van der Waals surface area contributed by atoms with Crippen molar-refractivity contribution in [1.29, 1.82) is 0 Å². The van der Waals surface area contributed by atoms with Gasteiger partial charge in [-0.3, -0.25) is 4.79 Å². The molecule has 0 spiro atoms. The highest BCUT2D eigenvalue weighted by Crippen LogP contribution is 2.38. The molecule has 1 fully saturated rings. The summed E-state index contributed by atoms with van der Waals surface area (Å²) in [6.07, 6.45) is 1.82. The van der Waals surface area contributed by atoms with Gasteiger partial charge in [0.15, 0.2) is 0 Å². The Morgan fingerprint density at radius 1 is 1.47 bits per heavy atom. The minimum absolute atomic E-state index is 0.00495. The molecule has 3 rings (SSSR count). The first-order valence-corrected chi connectivity index (χ1v) is 6.03.